The second-order valence-electron chi connectivity index (χ2n) is 5.28. The second kappa shape index (κ2) is 4.58. The maximum Gasteiger partial charge on any atom is 0.163 e. The fourth-order valence-corrected chi connectivity index (χ4v) is 3.20. The van der Waals surface area contributed by atoms with Crippen LogP contribution in [0.4, 0.5) is 0 Å². The van der Waals surface area contributed by atoms with E-state index < -0.39 is 0 Å². The van der Waals surface area contributed by atoms with Crippen molar-refractivity contribution < 1.29 is 9.47 Å². The van der Waals surface area contributed by atoms with Crippen LogP contribution in [0.5, 0.6) is 0 Å². The molecule has 1 fully saturated rings. The monoisotopic (exact) mass is 264 g/mol. The molecule has 2 aliphatic rings. The van der Waals surface area contributed by atoms with Gasteiger partial charge in [-0.1, -0.05) is 61.2 Å². The zero-order valence-electron chi connectivity index (χ0n) is 11.2. The molecule has 0 radical (unpaired) electrons. The molecule has 3 unspecified atom stereocenters. The largest absolute Gasteiger partial charge is 0.341 e. The molecule has 4 rings (SSSR count). The Morgan fingerprint density at radius 1 is 0.900 bits per heavy atom. The molecule has 2 aliphatic heterocycles. The number of benzene rings is 2. The molecule has 1 saturated heterocycles. The Morgan fingerprint density at radius 2 is 1.55 bits per heavy atom. The third-order valence-corrected chi connectivity index (χ3v) is 4.14. The molecule has 100 valence electrons. The van der Waals surface area contributed by atoms with Gasteiger partial charge in [-0.3, -0.25) is 0 Å². The molecule has 0 aliphatic carbocycles. The van der Waals surface area contributed by atoms with E-state index in [9.17, 15) is 0 Å². The molecular weight excluding hydrogens is 248 g/mol. The van der Waals surface area contributed by atoms with Crippen molar-refractivity contribution in [2.24, 2.45) is 0 Å². The molecule has 2 aromatic rings. The van der Waals surface area contributed by atoms with Crippen LogP contribution in [0.15, 0.2) is 55.1 Å². The van der Waals surface area contributed by atoms with Crippen molar-refractivity contribution in [1.29, 1.82) is 0 Å². The van der Waals surface area contributed by atoms with Gasteiger partial charge in [-0.2, -0.15) is 0 Å². The van der Waals surface area contributed by atoms with Gasteiger partial charge in [0.15, 0.2) is 6.29 Å². The van der Waals surface area contributed by atoms with Crippen LogP contribution >= 0.6 is 0 Å². The lowest BCUT2D eigenvalue weighted by Crippen LogP contribution is -2.18. The van der Waals surface area contributed by atoms with Gasteiger partial charge in [-0.05, 0) is 22.3 Å². The maximum atomic E-state index is 6.13. The number of rotatable bonds is 2. The molecule has 2 bridgehead atoms. The quantitative estimate of drug-likeness (QED) is 0.815. The van der Waals surface area contributed by atoms with E-state index in [0.717, 1.165) is 17.5 Å². The maximum absolute atomic E-state index is 6.13. The van der Waals surface area contributed by atoms with Gasteiger partial charge in [-0.15, -0.1) is 0 Å². The summed E-state index contributed by atoms with van der Waals surface area (Å²) in [5.41, 5.74) is 4.87. The summed E-state index contributed by atoms with van der Waals surface area (Å²) in [7, 11) is 0. The van der Waals surface area contributed by atoms with Crippen LogP contribution in [0, 0.1) is 0 Å². The van der Waals surface area contributed by atoms with Crippen LogP contribution in [0.3, 0.4) is 0 Å². The topological polar surface area (TPSA) is 18.5 Å². The van der Waals surface area contributed by atoms with E-state index in [1.54, 1.807) is 0 Å². The molecule has 0 amide bonds. The van der Waals surface area contributed by atoms with Gasteiger partial charge in [0.1, 0.15) is 12.2 Å². The fraction of sp³-hybridized carbons (Fsp3) is 0.222. The average molecular weight is 264 g/mol. The highest BCUT2D eigenvalue weighted by atomic mass is 16.7. The summed E-state index contributed by atoms with van der Waals surface area (Å²) in [5, 5.41) is 0. The van der Waals surface area contributed by atoms with Gasteiger partial charge in [-0.25, -0.2) is 0 Å². The Kier molecular flexibility index (Phi) is 2.72. The Morgan fingerprint density at radius 3 is 2.35 bits per heavy atom. The van der Waals surface area contributed by atoms with Crippen molar-refractivity contribution in [2.45, 2.75) is 24.9 Å². The lowest BCUT2D eigenvalue weighted by atomic mass is 9.91. The van der Waals surface area contributed by atoms with Crippen molar-refractivity contribution >= 4 is 6.08 Å². The Balaban J connectivity index is 1.80. The predicted molar refractivity (Wildman–Crippen MR) is 78.1 cm³/mol. The summed E-state index contributed by atoms with van der Waals surface area (Å²) in [6.45, 7) is 3.90. The zero-order valence-corrected chi connectivity index (χ0v) is 11.2. The normalized spacial score (nSPS) is 27.1. The molecule has 3 atom stereocenters. The molecule has 2 heterocycles. The summed E-state index contributed by atoms with van der Waals surface area (Å²) in [6, 6.07) is 16.7. The standard InChI is InChI=1S/C18H16O2/c1-2-12-7-3-5-9-14(12)17-18-15-10-6-4-8-13(15)11-16(19-17)20-18/h2-10,16-18H,1,11H2. The summed E-state index contributed by atoms with van der Waals surface area (Å²) < 4.78 is 12.2. The summed E-state index contributed by atoms with van der Waals surface area (Å²) in [5.74, 6) is 0. The van der Waals surface area contributed by atoms with Gasteiger partial charge < -0.3 is 9.47 Å². The molecule has 0 spiro atoms. The van der Waals surface area contributed by atoms with E-state index in [-0.39, 0.29) is 18.5 Å². The number of fused-ring (bicyclic) bond motifs is 4. The van der Waals surface area contributed by atoms with Crippen molar-refractivity contribution in [1.82, 2.24) is 0 Å². The van der Waals surface area contributed by atoms with E-state index in [1.165, 1.54) is 11.1 Å². The number of ether oxygens (including phenoxy) is 2. The highest BCUT2D eigenvalue weighted by Gasteiger charge is 2.43. The van der Waals surface area contributed by atoms with E-state index in [0.29, 0.717) is 0 Å². The van der Waals surface area contributed by atoms with Gasteiger partial charge in [0, 0.05) is 6.42 Å². The van der Waals surface area contributed by atoms with Crippen LogP contribution in [0.25, 0.3) is 6.08 Å². The van der Waals surface area contributed by atoms with E-state index in [1.807, 2.05) is 18.2 Å². The van der Waals surface area contributed by atoms with E-state index >= 15 is 0 Å². The van der Waals surface area contributed by atoms with Crippen molar-refractivity contribution in [3.63, 3.8) is 0 Å². The number of hydrogen-bond donors (Lipinski definition) is 0. The van der Waals surface area contributed by atoms with Gasteiger partial charge in [0.2, 0.25) is 0 Å². The molecule has 20 heavy (non-hydrogen) atoms. The first kappa shape index (κ1) is 11.9. The Bertz CT molecular complexity index is 662. The minimum absolute atomic E-state index is 0.00829. The van der Waals surface area contributed by atoms with Crippen LogP contribution in [-0.4, -0.2) is 6.29 Å². The lowest BCUT2D eigenvalue weighted by Gasteiger charge is -2.23. The summed E-state index contributed by atoms with van der Waals surface area (Å²) in [4.78, 5) is 0. The average Bonchev–Trinajstić information content (AvgIpc) is 2.85. The fourth-order valence-electron chi connectivity index (χ4n) is 3.20. The second-order valence-corrected chi connectivity index (χ2v) is 5.28. The molecule has 0 aromatic heterocycles. The minimum atomic E-state index is -0.127. The SMILES string of the molecule is C=Cc1ccccc1C1OC2Cc3ccccc3C1O2. The molecule has 2 aromatic carbocycles. The lowest BCUT2D eigenvalue weighted by molar-refractivity contribution is -0.0711. The third kappa shape index (κ3) is 1.73. The zero-order chi connectivity index (χ0) is 13.5. The Hall–Kier alpha value is -1.90. The molecule has 0 saturated carbocycles. The summed E-state index contributed by atoms with van der Waals surface area (Å²) >= 11 is 0. The Labute approximate surface area is 118 Å². The van der Waals surface area contributed by atoms with Gasteiger partial charge in [0.05, 0.1) is 0 Å². The molecule has 2 nitrogen and oxygen atoms in total. The summed E-state index contributed by atoms with van der Waals surface area (Å²) in [6.07, 6.45) is 2.54. The first-order valence-corrected chi connectivity index (χ1v) is 6.97. The highest BCUT2D eigenvalue weighted by molar-refractivity contribution is 5.53. The van der Waals surface area contributed by atoms with E-state index in [4.69, 9.17) is 9.47 Å². The number of hydrogen-bond acceptors (Lipinski definition) is 2. The minimum Gasteiger partial charge on any atom is -0.341 e. The van der Waals surface area contributed by atoms with Crippen molar-refractivity contribution in [3.8, 4) is 0 Å². The van der Waals surface area contributed by atoms with Gasteiger partial charge in [0.25, 0.3) is 0 Å². The third-order valence-electron chi connectivity index (χ3n) is 4.14. The van der Waals surface area contributed by atoms with Crippen molar-refractivity contribution in [2.75, 3.05) is 0 Å². The van der Waals surface area contributed by atoms with Crippen LogP contribution in [-0.2, 0) is 15.9 Å². The molecular formula is C18H16O2. The first-order chi connectivity index (χ1) is 9.86. The van der Waals surface area contributed by atoms with Crippen LogP contribution < -0.4 is 0 Å². The van der Waals surface area contributed by atoms with Crippen LogP contribution in [0.1, 0.15) is 34.5 Å². The van der Waals surface area contributed by atoms with E-state index in [2.05, 4.69) is 43.0 Å². The first-order valence-electron chi connectivity index (χ1n) is 6.97. The predicted octanol–water partition coefficient (Wildman–Crippen LogP) is 4.04. The van der Waals surface area contributed by atoms with Crippen LogP contribution in [0.2, 0.25) is 0 Å². The smallest absolute Gasteiger partial charge is 0.163 e. The highest BCUT2D eigenvalue weighted by Crippen LogP contribution is 2.48. The molecule has 0 N–H and O–H groups in total. The molecule has 2 heteroatoms. The van der Waals surface area contributed by atoms with Gasteiger partial charge >= 0.3 is 0 Å². The van der Waals surface area contributed by atoms with Crippen molar-refractivity contribution in [3.05, 3.63) is 77.4 Å².